The molecule has 0 radical (unpaired) electrons. The van der Waals surface area contributed by atoms with Gasteiger partial charge in [0.05, 0.1) is 22.2 Å². The molecule has 0 aliphatic rings. The molecular weight excluding hydrogens is 318 g/mol. The van der Waals surface area contributed by atoms with Gasteiger partial charge in [0.25, 0.3) is 0 Å². The van der Waals surface area contributed by atoms with E-state index in [9.17, 15) is 26.3 Å². The Balaban J connectivity index is 2.19. The average Bonchev–Trinajstić information content (AvgIpc) is 2.65. The lowest BCUT2D eigenvalue weighted by molar-refractivity contribution is -0.138. The molecule has 0 aliphatic carbocycles. The Morgan fingerprint density at radius 3 is 2.43 bits per heavy atom. The van der Waals surface area contributed by atoms with Gasteiger partial charge in [0.15, 0.2) is 5.13 Å². The second-order valence-corrected chi connectivity index (χ2v) is 5.59. The van der Waals surface area contributed by atoms with E-state index in [1.165, 1.54) is 13.0 Å². The maximum atomic E-state index is 12.6. The standard InChI is InChI=1S/C12H10F6N2S/c1-6(5-11(13,14)15)19-10-20-8-4-7(12(16,17)18)2-3-9(8)21-10/h2-4,6H,5H2,1H3,(H,19,20). The number of benzene rings is 1. The SMILES string of the molecule is CC(CC(F)(F)F)Nc1nc2cc(C(F)(F)F)ccc2s1. The molecule has 1 aromatic carbocycles. The third kappa shape index (κ3) is 4.23. The Morgan fingerprint density at radius 1 is 1.19 bits per heavy atom. The molecule has 0 amide bonds. The van der Waals surface area contributed by atoms with E-state index < -0.39 is 30.4 Å². The normalized spacial score (nSPS) is 14.4. The molecule has 0 bridgehead atoms. The molecule has 1 unspecified atom stereocenters. The predicted octanol–water partition coefficient (Wildman–Crippen LogP) is 5.07. The number of nitrogens with one attached hydrogen (secondary N) is 1. The molecule has 2 nitrogen and oxygen atoms in total. The minimum absolute atomic E-state index is 0.108. The number of anilines is 1. The van der Waals surface area contributed by atoms with Gasteiger partial charge in [-0.1, -0.05) is 11.3 Å². The third-order valence-corrected chi connectivity index (χ3v) is 3.59. The summed E-state index contributed by atoms with van der Waals surface area (Å²) in [6.45, 7) is 1.33. The molecule has 1 heterocycles. The molecule has 0 spiro atoms. The van der Waals surface area contributed by atoms with Crippen molar-refractivity contribution < 1.29 is 26.3 Å². The lowest BCUT2D eigenvalue weighted by Crippen LogP contribution is -2.23. The van der Waals surface area contributed by atoms with Crippen LogP contribution in [0.2, 0.25) is 0 Å². The fourth-order valence-corrected chi connectivity index (χ4v) is 2.73. The summed E-state index contributed by atoms with van der Waals surface area (Å²) < 4.78 is 74.8. The molecule has 1 aromatic heterocycles. The summed E-state index contributed by atoms with van der Waals surface area (Å²) in [4.78, 5) is 3.90. The Labute approximate surface area is 119 Å². The number of aromatic nitrogens is 1. The topological polar surface area (TPSA) is 24.9 Å². The fourth-order valence-electron chi connectivity index (χ4n) is 1.77. The summed E-state index contributed by atoms with van der Waals surface area (Å²) in [5.74, 6) is 0. The molecule has 0 fully saturated rings. The van der Waals surface area contributed by atoms with Gasteiger partial charge in [-0.25, -0.2) is 4.98 Å². The lowest BCUT2D eigenvalue weighted by Gasteiger charge is -2.14. The highest BCUT2D eigenvalue weighted by atomic mass is 32.1. The number of fused-ring (bicyclic) bond motifs is 1. The van der Waals surface area contributed by atoms with Crippen molar-refractivity contribution in [1.82, 2.24) is 4.98 Å². The second-order valence-electron chi connectivity index (χ2n) is 4.56. The number of hydrogen-bond acceptors (Lipinski definition) is 3. The first-order chi connectivity index (χ1) is 9.54. The van der Waals surface area contributed by atoms with Crippen LogP contribution in [0.3, 0.4) is 0 Å². The first-order valence-electron chi connectivity index (χ1n) is 5.86. The van der Waals surface area contributed by atoms with E-state index in [2.05, 4.69) is 10.3 Å². The maximum absolute atomic E-state index is 12.6. The third-order valence-electron chi connectivity index (χ3n) is 2.62. The molecule has 21 heavy (non-hydrogen) atoms. The summed E-state index contributed by atoms with van der Waals surface area (Å²) in [5.41, 5.74) is -0.730. The molecule has 0 saturated carbocycles. The second kappa shape index (κ2) is 5.36. The van der Waals surface area contributed by atoms with E-state index in [1.807, 2.05) is 0 Å². The zero-order chi connectivity index (χ0) is 15.8. The van der Waals surface area contributed by atoms with E-state index in [4.69, 9.17) is 0 Å². The summed E-state index contributed by atoms with van der Waals surface area (Å²) in [7, 11) is 0. The van der Waals surface area contributed by atoms with Crippen LogP contribution in [0.25, 0.3) is 10.2 Å². The predicted molar refractivity (Wildman–Crippen MR) is 68.4 cm³/mol. The van der Waals surface area contributed by atoms with Crippen LogP contribution in [-0.2, 0) is 6.18 Å². The quantitative estimate of drug-likeness (QED) is 0.796. The lowest BCUT2D eigenvalue weighted by atomic mass is 10.2. The van der Waals surface area contributed by atoms with Crippen LogP contribution >= 0.6 is 11.3 Å². The zero-order valence-electron chi connectivity index (χ0n) is 10.6. The van der Waals surface area contributed by atoms with Crippen molar-refractivity contribution in [1.29, 1.82) is 0 Å². The molecule has 1 N–H and O–H groups in total. The van der Waals surface area contributed by atoms with Crippen LogP contribution in [0.1, 0.15) is 18.9 Å². The summed E-state index contributed by atoms with van der Waals surface area (Å²) in [5, 5.41) is 2.72. The minimum atomic E-state index is -4.48. The molecule has 0 saturated heterocycles. The molecular formula is C12H10F6N2S. The summed E-state index contributed by atoms with van der Waals surface area (Å²) in [6, 6.07) is 2.15. The van der Waals surface area contributed by atoms with Gasteiger partial charge in [0.2, 0.25) is 0 Å². The monoisotopic (exact) mass is 328 g/mol. The van der Waals surface area contributed by atoms with Crippen molar-refractivity contribution in [2.24, 2.45) is 0 Å². The molecule has 9 heteroatoms. The fraction of sp³-hybridized carbons (Fsp3) is 0.417. The van der Waals surface area contributed by atoms with Crippen molar-refractivity contribution in [3.63, 3.8) is 0 Å². The van der Waals surface area contributed by atoms with Crippen LogP contribution < -0.4 is 5.32 Å². The maximum Gasteiger partial charge on any atom is 0.416 e. The van der Waals surface area contributed by atoms with Crippen molar-refractivity contribution >= 4 is 26.7 Å². The van der Waals surface area contributed by atoms with Gasteiger partial charge >= 0.3 is 12.4 Å². The van der Waals surface area contributed by atoms with Crippen LogP contribution in [0.4, 0.5) is 31.5 Å². The van der Waals surface area contributed by atoms with E-state index >= 15 is 0 Å². The van der Waals surface area contributed by atoms with Gasteiger partial charge < -0.3 is 5.32 Å². The summed E-state index contributed by atoms with van der Waals surface area (Å²) >= 11 is 1.01. The Kier molecular flexibility index (Phi) is 4.05. The van der Waals surface area contributed by atoms with Crippen molar-refractivity contribution in [2.45, 2.75) is 31.7 Å². The van der Waals surface area contributed by atoms with E-state index in [-0.39, 0.29) is 10.6 Å². The van der Waals surface area contributed by atoms with Crippen molar-refractivity contribution in [3.05, 3.63) is 23.8 Å². The molecule has 116 valence electrons. The van der Waals surface area contributed by atoms with Crippen molar-refractivity contribution in [3.8, 4) is 0 Å². The van der Waals surface area contributed by atoms with Crippen LogP contribution in [0.15, 0.2) is 18.2 Å². The zero-order valence-corrected chi connectivity index (χ0v) is 11.5. The first kappa shape index (κ1) is 15.9. The number of alkyl halides is 6. The number of hydrogen-bond donors (Lipinski definition) is 1. The number of thiazole rings is 1. The van der Waals surface area contributed by atoms with E-state index in [0.717, 1.165) is 23.5 Å². The van der Waals surface area contributed by atoms with Gasteiger partial charge in [-0.2, -0.15) is 26.3 Å². The van der Waals surface area contributed by atoms with Gasteiger partial charge in [0, 0.05) is 6.04 Å². The van der Waals surface area contributed by atoms with Gasteiger partial charge in [-0.15, -0.1) is 0 Å². The van der Waals surface area contributed by atoms with Crippen LogP contribution in [0.5, 0.6) is 0 Å². The molecule has 0 aliphatic heterocycles. The van der Waals surface area contributed by atoms with Gasteiger partial charge in [-0.05, 0) is 25.1 Å². The molecule has 1 atom stereocenters. The van der Waals surface area contributed by atoms with Crippen molar-refractivity contribution in [2.75, 3.05) is 5.32 Å². The number of rotatable bonds is 3. The first-order valence-corrected chi connectivity index (χ1v) is 6.67. The average molecular weight is 328 g/mol. The van der Waals surface area contributed by atoms with Gasteiger partial charge in [0.1, 0.15) is 0 Å². The van der Waals surface area contributed by atoms with E-state index in [1.54, 1.807) is 0 Å². The highest BCUT2D eigenvalue weighted by Crippen LogP contribution is 2.34. The highest BCUT2D eigenvalue weighted by molar-refractivity contribution is 7.22. The number of halogens is 6. The number of nitrogens with zero attached hydrogens (tertiary/aromatic N) is 1. The highest BCUT2D eigenvalue weighted by Gasteiger charge is 2.31. The Hall–Kier alpha value is -1.51. The smallest absolute Gasteiger partial charge is 0.359 e. The van der Waals surface area contributed by atoms with Gasteiger partial charge in [-0.3, -0.25) is 0 Å². The Morgan fingerprint density at radius 2 is 1.86 bits per heavy atom. The largest absolute Gasteiger partial charge is 0.416 e. The van der Waals surface area contributed by atoms with Crippen LogP contribution in [-0.4, -0.2) is 17.2 Å². The Bertz CT molecular complexity index is 631. The summed E-state index contributed by atoms with van der Waals surface area (Å²) in [6.07, 6.45) is -9.84. The minimum Gasteiger partial charge on any atom is -0.359 e. The molecule has 2 aromatic rings. The molecule has 2 rings (SSSR count). The van der Waals surface area contributed by atoms with E-state index in [0.29, 0.717) is 4.70 Å². The van der Waals surface area contributed by atoms with Crippen LogP contribution in [0, 0.1) is 0 Å².